The highest BCUT2D eigenvalue weighted by molar-refractivity contribution is 4.63. The summed E-state index contributed by atoms with van der Waals surface area (Å²) in [5.74, 6) is 0. The van der Waals surface area contributed by atoms with Gasteiger partial charge in [-0.15, -0.1) is 0 Å². The molecule has 3 nitrogen and oxygen atoms in total. The fourth-order valence-electron chi connectivity index (χ4n) is 1.58. The molecule has 0 aromatic rings. The molecule has 92 valence electrons. The van der Waals surface area contributed by atoms with Crippen LogP contribution in [0.5, 0.6) is 0 Å². The van der Waals surface area contributed by atoms with E-state index in [1.54, 1.807) is 0 Å². The van der Waals surface area contributed by atoms with Gasteiger partial charge in [-0.1, -0.05) is 13.8 Å². The predicted molar refractivity (Wildman–Crippen MR) is 64.1 cm³/mol. The van der Waals surface area contributed by atoms with E-state index in [0.29, 0.717) is 6.61 Å². The first-order valence-electron chi connectivity index (χ1n) is 6.12. The smallest absolute Gasteiger partial charge is 0.0900 e. The molecule has 3 heteroatoms. The molecule has 0 radical (unpaired) electrons. The Bertz CT molecular complexity index is 134. The SMILES string of the molecule is CCCN(CCC)CC(O)COC(C)C. The third kappa shape index (κ3) is 8.85. The monoisotopic (exact) mass is 217 g/mol. The van der Waals surface area contributed by atoms with Gasteiger partial charge >= 0.3 is 0 Å². The van der Waals surface area contributed by atoms with Gasteiger partial charge in [0.05, 0.1) is 18.8 Å². The van der Waals surface area contributed by atoms with Crippen molar-refractivity contribution in [2.75, 3.05) is 26.2 Å². The van der Waals surface area contributed by atoms with E-state index in [2.05, 4.69) is 18.7 Å². The Kier molecular flexibility index (Phi) is 9.06. The lowest BCUT2D eigenvalue weighted by atomic mass is 10.3. The van der Waals surface area contributed by atoms with E-state index in [-0.39, 0.29) is 12.2 Å². The van der Waals surface area contributed by atoms with Crippen LogP contribution in [0.3, 0.4) is 0 Å². The average molecular weight is 217 g/mol. The standard InChI is InChI=1S/C12H27NO2/c1-5-7-13(8-6-2)9-12(14)10-15-11(3)4/h11-12,14H,5-10H2,1-4H3. The summed E-state index contributed by atoms with van der Waals surface area (Å²) in [6.45, 7) is 11.6. The van der Waals surface area contributed by atoms with Crippen molar-refractivity contribution < 1.29 is 9.84 Å². The second-order valence-corrected chi connectivity index (χ2v) is 4.34. The lowest BCUT2D eigenvalue weighted by molar-refractivity contribution is -0.00844. The molecule has 0 spiro atoms. The molecule has 15 heavy (non-hydrogen) atoms. The molecule has 0 aliphatic rings. The summed E-state index contributed by atoms with van der Waals surface area (Å²) in [7, 11) is 0. The summed E-state index contributed by atoms with van der Waals surface area (Å²) in [6.07, 6.45) is 2.12. The Labute approximate surface area is 94.4 Å². The van der Waals surface area contributed by atoms with Crippen LogP contribution in [0.25, 0.3) is 0 Å². The van der Waals surface area contributed by atoms with Gasteiger partial charge in [0.25, 0.3) is 0 Å². The van der Waals surface area contributed by atoms with Crippen LogP contribution in [0.4, 0.5) is 0 Å². The van der Waals surface area contributed by atoms with Crippen LogP contribution in [-0.4, -0.2) is 48.5 Å². The summed E-state index contributed by atoms with van der Waals surface area (Å²) in [5, 5.41) is 9.76. The third-order valence-electron chi connectivity index (χ3n) is 2.17. The molecule has 0 fully saturated rings. The Morgan fingerprint density at radius 1 is 1.13 bits per heavy atom. The van der Waals surface area contributed by atoms with Gasteiger partial charge in [-0.2, -0.15) is 0 Å². The first-order chi connectivity index (χ1) is 7.10. The van der Waals surface area contributed by atoms with Crippen molar-refractivity contribution in [1.82, 2.24) is 4.90 Å². The second kappa shape index (κ2) is 9.13. The molecule has 0 aromatic carbocycles. The van der Waals surface area contributed by atoms with Crippen LogP contribution in [-0.2, 0) is 4.74 Å². The van der Waals surface area contributed by atoms with Crippen LogP contribution in [0.2, 0.25) is 0 Å². The molecule has 0 aromatic heterocycles. The molecular weight excluding hydrogens is 190 g/mol. The second-order valence-electron chi connectivity index (χ2n) is 4.34. The van der Waals surface area contributed by atoms with Gasteiger partial charge in [-0.3, -0.25) is 0 Å². The zero-order valence-electron chi connectivity index (χ0n) is 10.7. The highest BCUT2D eigenvalue weighted by Gasteiger charge is 2.11. The van der Waals surface area contributed by atoms with Crippen LogP contribution < -0.4 is 0 Å². The molecule has 0 amide bonds. The number of aliphatic hydroxyl groups excluding tert-OH is 1. The van der Waals surface area contributed by atoms with Gasteiger partial charge in [-0.05, 0) is 39.8 Å². The van der Waals surface area contributed by atoms with E-state index in [9.17, 15) is 5.11 Å². The Balaban J connectivity index is 3.72. The molecule has 1 unspecified atom stereocenters. The van der Waals surface area contributed by atoms with Crippen LogP contribution in [0.1, 0.15) is 40.5 Å². The van der Waals surface area contributed by atoms with Crippen molar-refractivity contribution in [1.29, 1.82) is 0 Å². The molecule has 0 heterocycles. The maximum Gasteiger partial charge on any atom is 0.0900 e. The largest absolute Gasteiger partial charge is 0.389 e. The lowest BCUT2D eigenvalue weighted by Gasteiger charge is -2.24. The first kappa shape index (κ1) is 14.9. The summed E-state index contributed by atoms with van der Waals surface area (Å²) < 4.78 is 5.38. The Hall–Kier alpha value is -0.120. The van der Waals surface area contributed by atoms with Crippen LogP contribution >= 0.6 is 0 Å². The van der Waals surface area contributed by atoms with E-state index in [1.807, 2.05) is 13.8 Å². The van der Waals surface area contributed by atoms with E-state index >= 15 is 0 Å². The molecular formula is C12H27NO2. The summed E-state index contributed by atoms with van der Waals surface area (Å²) in [4.78, 5) is 2.30. The van der Waals surface area contributed by atoms with E-state index in [0.717, 1.165) is 32.5 Å². The van der Waals surface area contributed by atoms with Crippen LogP contribution in [0, 0.1) is 0 Å². The maximum absolute atomic E-state index is 9.76. The van der Waals surface area contributed by atoms with E-state index in [4.69, 9.17) is 4.74 Å². The zero-order valence-corrected chi connectivity index (χ0v) is 10.7. The number of nitrogens with zero attached hydrogens (tertiary/aromatic N) is 1. The molecule has 0 saturated heterocycles. The minimum Gasteiger partial charge on any atom is -0.389 e. The highest BCUT2D eigenvalue weighted by atomic mass is 16.5. The van der Waals surface area contributed by atoms with Gasteiger partial charge in [-0.25, -0.2) is 0 Å². The first-order valence-corrected chi connectivity index (χ1v) is 6.12. The minimum atomic E-state index is -0.356. The maximum atomic E-state index is 9.76. The summed E-state index contributed by atoms with van der Waals surface area (Å²) in [5.41, 5.74) is 0. The van der Waals surface area contributed by atoms with Crippen molar-refractivity contribution in [3.8, 4) is 0 Å². The van der Waals surface area contributed by atoms with Crippen molar-refractivity contribution in [3.05, 3.63) is 0 Å². The fraction of sp³-hybridized carbons (Fsp3) is 1.00. The van der Waals surface area contributed by atoms with Gasteiger partial charge in [0.15, 0.2) is 0 Å². The van der Waals surface area contributed by atoms with Gasteiger partial charge < -0.3 is 14.7 Å². The van der Waals surface area contributed by atoms with E-state index < -0.39 is 0 Å². The van der Waals surface area contributed by atoms with Gasteiger partial charge in [0, 0.05) is 6.54 Å². The molecule has 0 aliphatic carbocycles. The molecule has 0 rings (SSSR count). The third-order valence-corrected chi connectivity index (χ3v) is 2.17. The summed E-state index contributed by atoms with van der Waals surface area (Å²) >= 11 is 0. The van der Waals surface area contributed by atoms with Gasteiger partial charge in [0.2, 0.25) is 0 Å². The Morgan fingerprint density at radius 2 is 1.67 bits per heavy atom. The number of aliphatic hydroxyl groups is 1. The Morgan fingerprint density at radius 3 is 2.07 bits per heavy atom. The predicted octanol–water partition coefficient (Wildman–Crippen LogP) is 1.89. The molecule has 1 N–H and O–H groups in total. The lowest BCUT2D eigenvalue weighted by Crippen LogP contribution is -2.36. The average Bonchev–Trinajstić information content (AvgIpc) is 2.15. The normalized spacial score (nSPS) is 13.8. The molecule has 0 aliphatic heterocycles. The van der Waals surface area contributed by atoms with Crippen molar-refractivity contribution in [2.24, 2.45) is 0 Å². The minimum absolute atomic E-state index is 0.199. The number of ether oxygens (including phenoxy) is 1. The van der Waals surface area contributed by atoms with Crippen molar-refractivity contribution >= 4 is 0 Å². The fourth-order valence-corrected chi connectivity index (χ4v) is 1.58. The van der Waals surface area contributed by atoms with Crippen LogP contribution in [0.15, 0.2) is 0 Å². The summed E-state index contributed by atoms with van der Waals surface area (Å²) in [6, 6.07) is 0. The quantitative estimate of drug-likeness (QED) is 0.640. The number of rotatable bonds is 9. The van der Waals surface area contributed by atoms with Crippen molar-refractivity contribution in [3.63, 3.8) is 0 Å². The molecule has 0 saturated carbocycles. The molecule has 0 bridgehead atoms. The van der Waals surface area contributed by atoms with Gasteiger partial charge in [0.1, 0.15) is 0 Å². The van der Waals surface area contributed by atoms with E-state index in [1.165, 1.54) is 0 Å². The molecule has 1 atom stereocenters. The van der Waals surface area contributed by atoms with Crippen molar-refractivity contribution in [2.45, 2.75) is 52.7 Å². The number of hydrogen-bond acceptors (Lipinski definition) is 3. The zero-order chi connectivity index (χ0) is 11.7. The topological polar surface area (TPSA) is 32.7 Å². The number of hydrogen-bond donors (Lipinski definition) is 1. The highest BCUT2D eigenvalue weighted by Crippen LogP contribution is 1.99.